The molecule has 10 nitrogen and oxygen atoms in total. The Morgan fingerprint density at radius 3 is 2.29 bits per heavy atom. The summed E-state index contributed by atoms with van der Waals surface area (Å²) in [5.41, 5.74) is -4.05. The van der Waals surface area contributed by atoms with E-state index in [9.17, 15) is 20.4 Å². The summed E-state index contributed by atoms with van der Waals surface area (Å²) in [5.74, 6) is -1.38. The lowest BCUT2D eigenvalue weighted by molar-refractivity contribution is -0.312. The van der Waals surface area contributed by atoms with E-state index in [2.05, 4.69) is 17.1 Å². The van der Waals surface area contributed by atoms with Crippen molar-refractivity contribution >= 4 is 0 Å². The molecule has 35 heavy (non-hydrogen) atoms. The maximum Gasteiger partial charge on any atom is 0.144 e. The summed E-state index contributed by atoms with van der Waals surface area (Å²) < 4.78 is 24.1. The molecule has 10 heteroatoms. The van der Waals surface area contributed by atoms with Crippen LogP contribution in [0, 0.1) is 34.5 Å². The Balaban J connectivity index is 1.68. The van der Waals surface area contributed by atoms with Gasteiger partial charge in [-0.1, -0.05) is 6.92 Å². The maximum atomic E-state index is 12.7. The smallest absolute Gasteiger partial charge is 0.144 e. The van der Waals surface area contributed by atoms with Gasteiger partial charge in [0, 0.05) is 82.5 Å². The molecule has 7 rings (SSSR count). The van der Waals surface area contributed by atoms with Crippen molar-refractivity contribution in [1.82, 2.24) is 10.2 Å². The average molecular weight is 499 g/mol. The second-order valence-corrected chi connectivity index (χ2v) is 12.1. The van der Waals surface area contributed by atoms with Crippen LogP contribution in [-0.2, 0) is 18.9 Å². The number of nitrogens with zero attached hydrogens (tertiary/aromatic N) is 1. The van der Waals surface area contributed by atoms with E-state index in [4.69, 9.17) is 18.9 Å². The summed E-state index contributed by atoms with van der Waals surface area (Å²) in [5, 5.41) is 50.7. The molecule has 3 heterocycles. The number of aliphatic hydroxyl groups is 4. The number of hydrogen-bond donors (Lipinski definition) is 5. The second kappa shape index (κ2) is 7.81. The highest BCUT2D eigenvalue weighted by atomic mass is 16.5. The van der Waals surface area contributed by atoms with Crippen LogP contribution in [0.25, 0.3) is 0 Å². The molecule has 200 valence electrons. The molecule has 0 aromatic heterocycles. The molecule has 1 spiro atoms. The van der Waals surface area contributed by atoms with Crippen LogP contribution >= 0.6 is 0 Å². The predicted octanol–water partition coefficient (Wildman–Crippen LogP) is -1.25. The molecule has 9 bridgehead atoms. The number of methoxy groups -OCH3 is 4. The predicted molar refractivity (Wildman–Crippen MR) is 123 cm³/mol. The van der Waals surface area contributed by atoms with E-state index in [0.29, 0.717) is 26.0 Å². The first-order valence-electron chi connectivity index (χ1n) is 13.0. The molecule has 2 unspecified atom stereocenters. The first-order chi connectivity index (χ1) is 16.6. The number of fused-ring (bicyclic) bond motifs is 2. The van der Waals surface area contributed by atoms with Gasteiger partial charge in [-0.3, -0.25) is 10.2 Å². The number of rotatable bonds is 6. The third-order valence-corrected chi connectivity index (χ3v) is 11.4. The Hall–Kier alpha value is -0.400. The van der Waals surface area contributed by atoms with Gasteiger partial charge >= 0.3 is 0 Å². The number of aliphatic hydroxyl groups excluding tert-OH is 2. The van der Waals surface area contributed by atoms with Crippen molar-refractivity contribution in [2.75, 3.05) is 48.1 Å². The highest BCUT2D eigenvalue weighted by Gasteiger charge is 2.87. The minimum absolute atomic E-state index is 0.0960. The van der Waals surface area contributed by atoms with Gasteiger partial charge in [0.05, 0.1) is 30.5 Å². The van der Waals surface area contributed by atoms with E-state index in [1.54, 1.807) is 28.4 Å². The standard InChI is InChI=1S/C25H42N2O8/c1-6-27-10-22(11-32-2)13(28)7-14(33-3)25-12-8-24(31)15(34-4)9-23(30,16(12)21(29)26-24)17(20(25)27)18(35-5)19(22)25/h12-21,26,28-31H,6-11H2,1-5H3/t12-,13-,14+,15-,16-,17+,18+,19-,20?,21?,22+,23-,24+,25+/m1/s1. The van der Waals surface area contributed by atoms with Gasteiger partial charge in [-0.25, -0.2) is 0 Å². The number of nitrogens with one attached hydrogen (secondary N) is 1. The minimum Gasteiger partial charge on any atom is -0.392 e. The fourth-order valence-corrected chi connectivity index (χ4v) is 10.8. The third-order valence-electron chi connectivity index (χ3n) is 11.4. The monoisotopic (exact) mass is 498 g/mol. The number of likely N-dealkylation sites (tertiary alicyclic amines) is 1. The highest BCUT2D eigenvalue weighted by Crippen LogP contribution is 2.78. The molecule has 7 aliphatic rings. The van der Waals surface area contributed by atoms with Crippen molar-refractivity contribution in [3.63, 3.8) is 0 Å². The van der Waals surface area contributed by atoms with E-state index in [1.165, 1.54) is 0 Å². The Morgan fingerprint density at radius 2 is 1.69 bits per heavy atom. The van der Waals surface area contributed by atoms with Crippen LogP contribution in [0.1, 0.15) is 26.2 Å². The average Bonchev–Trinajstić information content (AvgIpc) is 2.91. The number of piperidine rings is 2. The van der Waals surface area contributed by atoms with Gasteiger partial charge < -0.3 is 39.4 Å². The molecular weight excluding hydrogens is 456 g/mol. The fraction of sp³-hybridized carbons (Fsp3) is 1.00. The summed E-state index contributed by atoms with van der Waals surface area (Å²) in [6, 6.07) is -0.0960. The SMILES string of the molecule is CCN1C[C@]2(COC)[C@H](O)C[C@H](OC)[C@]34C1[C@H]([C@H](OC)[C@H]23)[C@@]1(O)C[C@@H](OC)[C@@]2(O)C[C@@H]4[C@@H]1C(O)N2. The molecule has 3 aliphatic heterocycles. The van der Waals surface area contributed by atoms with Gasteiger partial charge in [-0.05, 0) is 18.9 Å². The van der Waals surface area contributed by atoms with E-state index in [-0.39, 0.29) is 42.4 Å². The molecule has 0 aromatic rings. The molecule has 5 N–H and O–H groups in total. The zero-order valence-electron chi connectivity index (χ0n) is 21.4. The van der Waals surface area contributed by atoms with E-state index in [1.807, 2.05) is 0 Å². The van der Waals surface area contributed by atoms with Crippen LogP contribution in [0.4, 0.5) is 0 Å². The van der Waals surface area contributed by atoms with Crippen LogP contribution in [-0.4, -0.2) is 121 Å². The first-order valence-corrected chi connectivity index (χ1v) is 13.0. The summed E-state index contributed by atoms with van der Waals surface area (Å²) in [6.45, 7) is 3.83. The van der Waals surface area contributed by atoms with Gasteiger partial charge in [0.25, 0.3) is 0 Å². The van der Waals surface area contributed by atoms with Gasteiger partial charge in [0.1, 0.15) is 18.1 Å². The van der Waals surface area contributed by atoms with Crippen molar-refractivity contribution < 1.29 is 39.4 Å². The molecule has 0 amide bonds. The molecule has 14 atom stereocenters. The number of ether oxygens (including phenoxy) is 4. The van der Waals surface area contributed by atoms with Crippen LogP contribution in [0.3, 0.4) is 0 Å². The third kappa shape index (κ3) is 2.60. The van der Waals surface area contributed by atoms with Gasteiger partial charge in [0.15, 0.2) is 0 Å². The Morgan fingerprint density at radius 1 is 0.971 bits per heavy atom. The molecule has 7 fully saturated rings. The van der Waals surface area contributed by atoms with Gasteiger partial charge in [-0.2, -0.15) is 0 Å². The zero-order valence-corrected chi connectivity index (χ0v) is 21.4. The van der Waals surface area contributed by atoms with E-state index in [0.717, 1.165) is 6.54 Å². The largest absolute Gasteiger partial charge is 0.392 e. The van der Waals surface area contributed by atoms with Crippen LogP contribution in [0.15, 0.2) is 0 Å². The van der Waals surface area contributed by atoms with Crippen molar-refractivity contribution in [1.29, 1.82) is 0 Å². The Labute approximate surface area is 206 Å². The summed E-state index contributed by atoms with van der Waals surface area (Å²) in [4.78, 5) is 2.38. The maximum absolute atomic E-state index is 12.7. The lowest BCUT2D eigenvalue weighted by Crippen LogP contribution is -2.80. The quantitative estimate of drug-likeness (QED) is 0.302. The van der Waals surface area contributed by atoms with Crippen LogP contribution in [0.2, 0.25) is 0 Å². The lowest BCUT2D eigenvalue weighted by atomic mass is 9.41. The lowest BCUT2D eigenvalue weighted by Gasteiger charge is -2.71. The molecule has 0 aromatic carbocycles. The van der Waals surface area contributed by atoms with Crippen LogP contribution < -0.4 is 5.32 Å². The minimum atomic E-state index is -1.49. The summed E-state index contributed by atoms with van der Waals surface area (Å²) in [6.07, 6.45) is -2.28. The van der Waals surface area contributed by atoms with Gasteiger partial charge in [0.2, 0.25) is 0 Å². The van der Waals surface area contributed by atoms with E-state index < -0.39 is 46.5 Å². The second-order valence-electron chi connectivity index (χ2n) is 12.1. The molecule has 3 saturated heterocycles. The van der Waals surface area contributed by atoms with Crippen molar-refractivity contribution in [3.8, 4) is 0 Å². The topological polar surface area (TPSA) is 133 Å². The highest BCUT2D eigenvalue weighted by molar-refractivity contribution is 5.36. The van der Waals surface area contributed by atoms with Crippen LogP contribution in [0.5, 0.6) is 0 Å². The van der Waals surface area contributed by atoms with E-state index >= 15 is 0 Å². The Kier molecular flexibility index (Phi) is 5.56. The fourth-order valence-electron chi connectivity index (χ4n) is 10.8. The molecular formula is C25H42N2O8. The molecule has 4 aliphatic carbocycles. The van der Waals surface area contributed by atoms with Crippen molar-refractivity contribution in [3.05, 3.63) is 0 Å². The zero-order chi connectivity index (χ0) is 25.1. The number of hydrogen-bond acceptors (Lipinski definition) is 10. The summed E-state index contributed by atoms with van der Waals surface area (Å²) in [7, 11) is 6.59. The molecule has 4 saturated carbocycles. The Bertz CT molecular complexity index is 865. The first kappa shape index (κ1) is 24.9. The van der Waals surface area contributed by atoms with Gasteiger partial charge in [-0.15, -0.1) is 0 Å². The van der Waals surface area contributed by atoms with Crippen molar-refractivity contribution in [2.45, 2.75) is 74.2 Å². The normalized spacial score (nSPS) is 60.6. The summed E-state index contributed by atoms with van der Waals surface area (Å²) >= 11 is 0. The van der Waals surface area contributed by atoms with Crippen molar-refractivity contribution in [2.24, 2.45) is 34.5 Å². The molecule has 0 radical (unpaired) electrons.